The summed E-state index contributed by atoms with van der Waals surface area (Å²) in [6.45, 7) is 8.37. The number of rotatable bonds is 3. The fourth-order valence-electron chi connectivity index (χ4n) is 1.61. The Labute approximate surface area is 109 Å². The predicted molar refractivity (Wildman–Crippen MR) is 76.2 cm³/mol. The molecular formula is C14H18N2OSi. The van der Waals surface area contributed by atoms with E-state index in [-0.39, 0.29) is 0 Å². The average molecular weight is 258 g/mol. The van der Waals surface area contributed by atoms with Gasteiger partial charge in [0.05, 0.1) is 11.9 Å². The molecule has 1 heterocycles. The maximum atomic E-state index is 6.01. The van der Waals surface area contributed by atoms with Crippen molar-refractivity contribution in [3.05, 3.63) is 42.2 Å². The Hall–Kier alpha value is -1.68. The molecule has 0 atom stereocenters. The molecule has 94 valence electrons. The van der Waals surface area contributed by atoms with E-state index in [1.165, 1.54) is 0 Å². The van der Waals surface area contributed by atoms with Crippen molar-refractivity contribution in [2.75, 3.05) is 0 Å². The highest BCUT2D eigenvalue weighted by Gasteiger charge is 2.20. The van der Waals surface area contributed by atoms with Crippen molar-refractivity contribution in [1.29, 1.82) is 0 Å². The minimum Gasteiger partial charge on any atom is -0.530 e. The highest BCUT2D eigenvalue weighted by Crippen LogP contribution is 2.27. The molecule has 0 spiro atoms. The van der Waals surface area contributed by atoms with Gasteiger partial charge in [-0.1, -0.05) is 30.3 Å². The van der Waals surface area contributed by atoms with E-state index in [4.69, 9.17) is 4.43 Å². The van der Waals surface area contributed by atoms with Crippen molar-refractivity contribution in [2.45, 2.75) is 26.6 Å². The third kappa shape index (κ3) is 3.17. The summed E-state index contributed by atoms with van der Waals surface area (Å²) in [5, 5.41) is 0. The van der Waals surface area contributed by atoms with Crippen LogP contribution in [0.4, 0.5) is 0 Å². The molecule has 0 N–H and O–H groups in total. The molecule has 0 saturated carbocycles. The minimum atomic E-state index is -1.68. The van der Waals surface area contributed by atoms with Crippen LogP contribution in [0.15, 0.2) is 36.5 Å². The zero-order valence-electron chi connectivity index (χ0n) is 11.3. The van der Waals surface area contributed by atoms with Crippen LogP contribution in [-0.4, -0.2) is 18.3 Å². The maximum Gasteiger partial charge on any atom is 0.244 e. The summed E-state index contributed by atoms with van der Waals surface area (Å²) in [7, 11) is -1.68. The van der Waals surface area contributed by atoms with E-state index in [0.717, 1.165) is 17.0 Å². The van der Waals surface area contributed by atoms with E-state index in [9.17, 15) is 0 Å². The summed E-state index contributed by atoms with van der Waals surface area (Å²) in [5.74, 6) is 0.644. The zero-order valence-corrected chi connectivity index (χ0v) is 12.3. The van der Waals surface area contributed by atoms with Gasteiger partial charge in [0.15, 0.2) is 0 Å². The van der Waals surface area contributed by atoms with Crippen LogP contribution in [0.5, 0.6) is 5.88 Å². The van der Waals surface area contributed by atoms with Crippen molar-refractivity contribution < 1.29 is 4.43 Å². The first-order chi connectivity index (χ1) is 8.46. The van der Waals surface area contributed by atoms with Crippen molar-refractivity contribution >= 4 is 8.32 Å². The SMILES string of the molecule is Cc1cnc(O[Si](C)(C)C)c(-c2ccccc2)n1. The van der Waals surface area contributed by atoms with Gasteiger partial charge in [0.2, 0.25) is 14.2 Å². The quantitative estimate of drug-likeness (QED) is 0.788. The van der Waals surface area contributed by atoms with Crippen molar-refractivity contribution in [3.8, 4) is 17.1 Å². The largest absolute Gasteiger partial charge is 0.530 e. The van der Waals surface area contributed by atoms with Crippen LogP contribution < -0.4 is 4.43 Å². The van der Waals surface area contributed by atoms with Crippen LogP contribution in [0.25, 0.3) is 11.3 Å². The first-order valence-electron chi connectivity index (χ1n) is 6.04. The molecule has 2 aromatic rings. The van der Waals surface area contributed by atoms with Crippen LogP contribution in [0.3, 0.4) is 0 Å². The lowest BCUT2D eigenvalue weighted by molar-refractivity contribution is 0.532. The first kappa shape index (κ1) is 12.8. The molecule has 0 aliphatic rings. The van der Waals surface area contributed by atoms with Crippen molar-refractivity contribution in [2.24, 2.45) is 0 Å². The van der Waals surface area contributed by atoms with Crippen LogP contribution in [0, 0.1) is 6.92 Å². The van der Waals surface area contributed by atoms with Gasteiger partial charge in [-0.3, -0.25) is 0 Å². The van der Waals surface area contributed by atoms with Crippen molar-refractivity contribution in [1.82, 2.24) is 9.97 Å². The van der Waals surface area contributed by atoms with Gasteiger partial charge in [-0.25, -0.2) is 9.97 Å². The molecule has 1 aromatic carbocycles. The molecule has 0 saturated heterocycles. The monoisotopic (exact) mass is 258 g/mol. The number of benzene rings is 1. The zero-order chi connectivity index (χ0) is 13.2. The van der Waals surface area contributed by atoms with Gasteiger partial charge >= 0.3 is 0 Å². The Morgan fingerprint density at radius 1 is 1.06 bits per heavy atom. The molecule has 18 heavy (non-hydrogen) atoms. The Morgan fingerprint density at radius 3 is 2.33 bits per heavy atom. The molecular weight excluding hydrogens is 240 g/mol. The van der Waals surface area contributed by atoms with Crippen LogP contribution in [0.2, 0.25) is 19.6 Å². The fourth-order valence-corrected chi connectivity index (χ4v) is 2.34. The van der Waals surface area contributed by atoms with Gasteiger partial charge in [0.25, 0.3) is 0 Å². The van der Waals surface area contributed by atoms with Gasteiger partial charge < -0.3 is 4.43 Å². The molecule has 0 fully saturated rings. The van der Waals surface area contributed by atoms with E-state index < -0.39 is 8.32 Å². The maximum absolute atomic E-state index is 6.01. The molecule has 0 aliphatic carbocycles. The molecule has 3 nitrogen and oxygen atoms in total. The molecule has 2 rings (SSSR count). The normalized spacial score (nSPS) is 11.3. The van der Waals surface area contributed by atoms with Gasteiger partial charge in [-0.05, 0) is 26.6 Å². The first-order valence-corrected chi connectivity index (χ1v) is 9.44. The van der Waals surface area contributed by atoms with E-state index in [1.54, 1.807) is 6.20 Å². The lowest BCUT2D eigenvalue weighted by Crippen LogP contribution is -2.30. The number of aryl methyl sites for hydroxylation is 1. The Kier molecular flexibility index (Phi) is 3.47. The number of hydrogen-bond donors (Lipinski definition) is 0. The summed E-state index contributed by atoms with van der Waals surface area (Å²) in [6, 6.07) is 10.0. The molecule has 4 heteroatoms. The molecule has 0 amide bonds. The van der Waals surface area contributed by atoms with Crippen LogP contribution in [0.1, 0.15) is 5.69 Å². The molecule has 0 bridgehead atoms. The summed E-state index contributed by atoms with van der Waals surface area (Å²) < 4.78 is 6.01. The summed E-state index contributed by atoms with van der Waals surface area (Å²) in [6.07, 6.45) is 1.75. The van der Waals surface area contributed by atoms with E-state index in [2.05, 4.69) is 29.6 Å². The van der Waals surface area contributed by atoms with Crippen LogP contribution in [-0.2, 0) is 0 Å². The summed E-state index contributed by atoms with van der Waals surface area (Å²) >= 11 is 0. The van der Waals surface area contributed by atoms with E-state index >= 15 is 0 Å². The van der Waals surface area contributed by atoms with Gasteiger partial charge in [-0.2, -0.15) is 0 Å². The van der Waals surface area contributed by atoms with Crippen LogP contribution >= 0.6 is 0 Å². The second-order valence-electron chi connectivity index (χ2n) is 5.25. The molecule has 0 unspecified atom stereocenters. The molecule has 1 aromatic heterocycles. The molecule has 0 radical (unpaired) electrons. The summed E-state index contributed by atoms with van der Waals surface area (Å²) in [5.41, 5.74) is 2.77. The fraction of sp³-hybridized carbons (Fsp3) is 0.286. The second kappa shape index (κ2) is 4.90. The predicted octanol–water partition coefficient (Wildman–Crippen LogP) is 3.67. The number of aromatic nitrogens is 2. The highest BCUT2D eigenvalue weighted by atomic mass is 28.4. The number of hydrogen-bond acceptors (Lipinski definition) is 3. The lowest BCUT2D eigenvalue weighted by Gasteiger charge is -2.20. The molecule has 0 aliphatic heterocycles. The lowest BCUT2D eigenvalue weighted by atomic mass is 10.1. The van der Waals surface area contributed by atoms with Gasteiger partial charge in [0.1, 0.15) is 5.69 Å². The minimum absolute atomic E-state index is 0.644. The van der Waals surface area contributed by atoms with Gasteiger partial charge in [-0.15, -0.1) is 0 Å². The third-order valence-electron chi connectivity index (χ3n) is 2.31. The number of nitrogens with zero attached hydrogens (tertiary/aromatic N) is 2. The average Bonchev–Trinajstić information content (AvgIpc) is 2.31. The van der Waals surface area contributed by atoms with E-state index in [0.29, 0.717) is 5.88 Å². The van der Waals surface area contributed by atoms with E-state index in [1.807, 2.05) is 37.3 Å². The summed E-state index contributed by atoms with van der Waals surface area (Å²) in [4.78, 5) is 8.95. The third-order valence-corrected chi connectivity index (χ3v) is 3.12. The topological polar surface area (TPSA) is 35.0 Å². The Bertz CT molecular complexity index is 535. The standard InChI is InChI=1S/C14H18N2OSi/c1-11-10-15-14(17-18(2,3)4)13(16-11)12-8-6-5-7-9-12/h5-10H,1-4H3. The van der Waals surface area contributed by atoms with Crippen molar-refractivity contribution in [3.63, 3.8) is 0 Å². The Morgan fingerprint density at radius 2 is 1.72 bits per heavy atom. The highest BCUT2D eigenvalue weighted by molar-refractivity contribution is 6.70. The second-order valence-corrected chi connectivity index (χ2v) is 9.67. The van der Waals surface area contributed by atoms with Gasteiger partial charge in [0, 0.05) is 5.56 Å². The smallest absolute Gasteiger partial charge is 0.244 e. The Balaban J connectivity index is 2.48.